The van der Waals surface area contributed by atoms with Crippen molar-refractivity contribution in [1.29, 1.82) is 0 Å². The number of hydrogen-bond acceptors (Lipinski definition) is 7. The van der Waals surface area contributed by atoms with Crippen LogP contribution in [0.5, 0.6) is 0 Å². The van der Waals surface area contributed by atoms with E-state index < -0.39 is 11.7 Å². The number of amides is 2. The number of hydrogen-bond donors (Lipinski definition) is 2. The molecule has 186 valence electrons. The second kappa shape index (κ2) is 11.6. The molecule has 0 unspecified atom stereocenters. The summed E-state index contributed by atoms with van der Waals surface area (Å²) in [5.74, 6) is 0.309. The Bertz CT molecular complexity index is 1110. The minimum absolute atomic E-state index is 0.0735. The van der Waals surface area contributed by atoms with E-state index in [1.54, 1.807) is 17.3 Å². The molecule has 3 rings (SSSR count). The molecule has 2 heterocycles. The Morgan fingerprint density at radius 1 is 1.14 bits per heavy atom. The number of aliphatic imine (C=N–C) groups is 1. The minimum Gasteiger partial charge on any atom is -0.444 e. The molecule has 0 bridgehead atoms. The second-order valence-corrected chi connectivity index (χ2v) is 9.42. The summed E-state index contributed by atoms with van der Waals surface area (Å²) in [6.45, 7) is 9.02. The lowest BCUT2D eigenvalue weighted by molar-refractivity contribution is -0.127. The zero-order valence-corrected chi connectivity index (χ0v) is 20.9. The minimum atomic E-state index is -0.548. The Morgan fingerprint density at radius 2 is 1.89 bits per heavy atom. The van der Waals surface area contributed by atoms with Crippen LogP contribution in [-0.2, 0) is 9.53 Å². The van der Waals surface area contributed by atoms with Crippen LogP contribution in [0.2, 0.25) is 0 Å². The third-order valence-electron chi connectivity index (χ3n) is 5.22. The number of alkyl carbamates (subject to hydrolysis) is 1. The maximum atomic E-state index is 13.4. The molecule has 0 aliphatic carbocycles. The molecule has 0 saturated heterocycles. The number of carbonyl (C=O) groups is 2. The predicted octanol–water partition coefficient (Wildman–Crippen LogP) is 4.07. The number of carbonyl (C=O) groups excluding carboxylic acids is 2. The van der Waals surface area contributed by atoms with Crippen LogP contribution in [0.25, 0.3) is 17.2 Å². The van der Waals surface area contributed by atoms with E-state index in [4.69, 9.17) is 10.5 Å². The van der Waals surface area contributed by atoms with Crippen molar-refractivity contribution in [1.82, 2.24) is 20.2 Å². The van der Waals surface area contributed by atoms with Crippen molar-refractivity contribution in [3.63, 3.8) is 0 Å². The molecule has 2 aromatic rings. The van der Waals surface area contributed by atoms with Gasteiger partial charge in [0.15, 0.2) is 0 Å². The fourth-order valence-electron chi connectivity index (χ4n) is 3.72. The maximum absolute atomic E-state index is 13.4. The zero-order valence-electron chi connectivity index (χ0n) is 20.9. The Morgan fingerprint density at radius 3 is 2.57 bits per heavy atom. The fraction of sp³-hybridized carbons (Fsp3) is 0.423. The van der Waals surface area contributed by atoms with Gasteiger partial charge < -0.3 is 20.7 Å². The molecule has 1 aromatic heterocycles. The third-order valence-corrected chi connectivity index (χ3v) is 5.22. The van der Waals surface area contributed by atoms with Gasteiger partial charge >= 0.3 is 6.09 Å². The van der Waals surface area contributed by atoms with Gasteiger partial charge in [0.05, 0.1) is 5.69 Å². The number of benzene rings is 1. The molecule has 9 nitrogen and oxygen atoms in total. The molecule has 0 spiro atoms. The van der Waals surface area contributed by atoms with Crippen LogP contribution < -0.4 is 11.1 Å². The predicted molar refractivity (Wildman–Crippen MR) is 137 cm³/mol. The van der Waals surface area contributed by atoms with Crippen molar-refractivity contribution in [2.24, 2.45) is 10.7 Å². The van der Waals surface area contributed by atoms with Crippen molar-refractivity contribution in [2.75, 3.05) is 19.6 Å². The molecule has 0 fully saturated rings. The fourth-order valence-corrected chi connectivity index (χ4v) is 3.72. The Kier molecular flexibility index (Phi) is 8.57. The first-order chi connectivity index (χ1) is 16.7. The molecule has 9 heteroatoms. The number of nitrogens with zero attached hydrogens (tertiary/aromatic N) is 4. The Hall–Kier alpha value is -3.75. The molecule has 1 aliphatic heterocycles. The van der Waals surface area contributed by atoms with E-state index in [9.17, 15) is 9.59 Å². The van der Waals surface area contributed by atoms with Crippen molar-refractivity contribution in [3.05, 3.63) is 48.1 Å². The van der Waals surface area contributed by atoms with Crippen molar-refractivity contribution < 1.29 is 14.3 Å². The van der Waals surface area contributed by atoms with Crippen LogP contribution in [0.1, 0.15) is 52.5 Å². The Labute approximate surface area is 206 Å². The molecule has 0 saturated carbocycles. The van der Waals surface area contributed by atoms with E-state index in [1.807, 2.05) is 52.0 Å². The molecule has 3 N–H and O–H groups in total. The third kappa shape index (κ3) is 7.63. The summed E-state index contributed by atoms with van der Waals surface area (Å²) in [5, 5.41) is 2.74. The normalized spacial score (nSPS) is 13.1. The van der Waals surface area contributed by atoms with Crippen molar-refractivity contribution in [2.45, 2.75) is 52.6 Å². The van der Waals surface area contributed by atoms with Crippen LogP contribution in [0.15, 0.2) is 47.5 Å². The SMILES string of the molecule is CCCN(CCCNC(=O)OC(C)(C)C)C(=O)C1=Cc2ccc(-c3cncnc3)cc2N=C(N)C1. The number of amidine groups is 1. The van der Waals surface area contributed by atoms with Gasteiger partial charge in [-0.05, 0) is 51.3 Å². The highest BCUT2D eigenvalue weighted by Gasteiger charge is 2.22. The molecule has 1 aliphatic rings. The highest BCUT2D eigenvalue weighted by molar-refractivity contribution is 6.05. The van der Waals surface area contributed by atoms with Gasteiger partial charge in [-0.3, -0.25) is 4.79 Å². The number of aromatic nitrogens is 2. The zero-order chi connectivity index (χ0) is 25.4. The highest BCUT2D eigenvalue weighted by Crippen LogP contribution is 2.31. The van der Waals surface area contributed by atoms with Gasteiger partial charge in [-0.15, -0.1) is 0 Å². The highest BCUT2D eigenvalue weighted by atomic mass is 16.6. The summed E-state index contributed by atoms with van der Waals surface area (Å²) in [5.41, 5.74) is 9.58. The van der Waals surface area contributed by atoms with Crippen LogP contribution in [0.4, 0.5) is 10.5 Å². The summed E-state index contributed by atoms with van der Waals surface area (Å²) in [6.07, 6.45) is 8.08. The van der Waals surface area contributed by atoms with E-state index >= 15 is 0 Å². The van der Waals surface area contributed by atoms with Gasteiger partial charge in [0.25, 0.3) is 0 Å². The lowest BCUT2D eigenvalue weighted by Gasteiger charge is -2.24. The van der Waals surface area contributed by atoms with E-state index in [1.165, 1.54) is 6.33 Å². The molecular weight excluding hydrogens is 444 g/mol. The van der Waals surface area contributed by atoms with Gasteiger partial charge in [0.2, 0.25) is 5.91 Å². The lowest BCUT2D eigenvalue weighted by atomic mass is 10.0. The van der Waals surface area contributed by atoms with E-state index in [2.05, 4.69) is 20.3 Å². The summed E-state index contributed by atoms with van der Waals surface area (Å²) >= 11 is 0. The number of ether oxygens (including phenoxy) is 1. The topological polar surface area (TPSA) is 123 Å². The van der Waals surface area contributed by atoms with Crippen molar-refractivity contribution >= 4 is 29.6 Å². The molecule has 0 radical (unpaired) electrons. The summed E-state index contributed by atoms with van der Waals surface area (Å²) < 4.78 is 5.26. The quantitative estimate of drug-likeness (QED) is 0.551. The van der Waals surface area contributed by atoms with Gasteiger partial charge in [-0.25, -0.2) is 19.8 Å². The number of fused-ring (bicyclic) bond motifs is 1. The molecule has 1 aromatic carbocycles. The number of nitrogens with two attached hydrogens (primary N) is 1. The van der Waals surface area contributed by atoms with Crippen molar-refractivity contribution in [3.8, 4) is 11.1 Å². The monoisotopic (exact) mass is 478 g/mol. The van der Waals surface area contributed by atoms with Crippen LogP contribution in [0, 0.1) is 0 Å². The first kappa shape index (κ1) is 25.9. The average molecular weight is 479 g/mol. The van der Waals surface area contributed by atoms with Gasteiger partial charge in [0.1, 0.15) is 17.8 Å². The maximum Gasteiger partial charge on any atom is 0.407 e. The van der Waals surface area contributed by atoms with Crippen LogP contribution >= 0.6 is 0 Å². The van der Waals surface area contributed by atoms with E-state index in [0.29, 0.717) is 43.2 Å². The standard InChI is InChI=1S/C26H34N6O3/c1-5-10-32(11-6-9-30-25(34)35-26(2,3)4)24(33)20-12-19-8-7-18(21-15-28-17-29-16-21)13-22(19)31-23(27)14-20/h7-8,12-13,15-17H,5-6,9-11,14H2,1-4H3,(H2,27,31)(H,30,34). The van der Waals surface area contributed by atoms with Gasteiger partial charge in [0, 0.05) is 55.1 Å². The number of rotatable bonds is 8. The summed E-state index contributed by atoms with van der Waals surface area (Å²) in [6, 6.07) is 5.82. The second-order valence-electron chi connectivity index (χ2n) is 9.42. The molecule has 35 heavy (non-hydrogen) atoms. The summed E-state index contributed by atoms with van der Waals surface area (Å²) in [4.78, 5) is 39.8. The molecule has 0 atom stereocenters. The van der Waals surface area contributed by atoms with Crippen LogP contribution in [-0.4, -0.2) is 57.9 Å². The lowest BCUT2D eigenvalue weighted by Crippen LogP contribution is -2.37. The molecular formula is C26H34N6O3. The van der Waals surface area contributed by atoms with E-state index in [0.717, 1.165) is 23.1 Å². The van der Waals surface area contributed by atoms with Gasteiger partial charge in [-0.1, -0.05) is 19.1 Å². The smallest absolute Gasteiger partial charge is 0.407 e. The average Bonchev–Trinajstić information content (AvgIpc) is 2.97. The summed E-state index contributed by atoms with van der Waals surface area (Å²) in [7, 11) is 0. The first-order valence-electron chi connectivity index (χ1n) is 11.9. The van der Waals surface area contributed by atoms with Gasteiger partial charge in [-0.2, -0.15) is 0 Å². The first-order valence-corrected chi connectivity index (χ1v) is 11.9. The molecule has 2 amide bonds. The van der Waals surface area contributed by atoms with Crippen LogP contribution in [0.3, 0.4) is 0 Å². The van der Waals surface area contributed by atoms with E-state index in [-0.39, 0.29) is 12.3 Å². The Balaban J connectivity index is 1.71. The largest absolute Gasteiger partial charge is 0.444 e. The number of nitrogens with one attached hydrogen (secondary N) is 1.